The third-order valence-corrected chi connectivity index (χ3v) is 2.25. The van der Waals surface area contributed by atoms with E-state index in [-0.39, 0.29) is 0 Å². The van der Waals surface area contributed by atoms with Gasteiger partial charge in [-0.2, -0.15) is 0 Å². The summed E-state index contributed by atoms with van der Waals surface area (Å²) in [7, 11) is 0. The van der Waals surface area contributed by atoms with Gasteiger partial charge in [0.05, 0.1) is 0 Å². The van der Waals surface area contributed by atoms with Crippen molar-refractivity contribution in [1.29, 1.82) is 0 Å². The molecule has 2 nitrogen and oxygen atoms in total. The minimum atomic E-state index is 0.306. The van der Waals surface area contributed by atoms with E-state index in [0.717, 1.165) is 19.3 Å². The van der Waals surface area contributed by atoms with Gasteiger partial charge in [0.1, 0.15) is 6.10 Å². The Balaban J connectivity index is 1.80. The molecule has 68 valence electrons. The first kappa shape index (κ1) is 8.30. The van der Waals surface area contributed by atoms with E-state index in [1.54, 1.807) is 0 Å². The Morgan fingerprint density at radius 1 is 1.31 bits per heavy atom. The molecule has 0 saturated carbocycles. The maximum absolute atomic E-state index is 5.14. The average Bonchev–Trinajstić information content (AvgIpc) is 2.69. The van der Waals surface area contributed by atoms with E-state index in [1.165, 1.54) is 5.56 Å². The second-order valence-corrected chi connectivity index (χ2v) is 3.28. The van der Waals surface area contributed by atoms with Crippen LogP contribution in [0.1, 0.15) is 18.4 Å². The van der Waals surface area contributed by atoms with Crippen LogP contribution < -0.4 is 0 Å². The van der Waals surface area contributed by atoms with Gasteiger partial charge in [-0.1, -0.05) is 35.5 Å². The van der Waals surface area contributed by atoms with Gasteiger partial charge in [-0.3, -0.25) is 0 Å². The summed E-state index contributed by atoms with van der Waals surface area (Å²) in [5.74, 6) is 0. The molecule has 1 unspecified atom stereocenters. The van der Waals surface area contributed by atoms with Crippen LogP contribution >= 0.6 is 0 Å². The first-order valence-electron chi connectivity index (χ1n) is 4.67. The van der Waals surface area contributed by atoms with Crippen LogP contribution in [0.2, 0.25) is 0 Å². The van der Waals surface area contributed by atoms with Crippen LogP contribution in [-0.4, -0.2) is 12.3 Å². The Bertz CT molecular complexity index is 273. The molecule has 0 radical (unpaired) electrons. The molecule has 0 spiro atoms. The van der Waals surface area contributed by atoms with Gasteiger partial charge < -0.3 is 4.84 Å². The largest absolute Gasteiger partial charge is 0.392 e. The summed E-state index contributed by atoms with van der Waals surface area (Å²) < 4.78 is 0. The molecule has 0 fully saturated rings. The predicted octanol–water partition coefficient (Wildman–Crippen LogP) is 2.39. The van der Waals surface area contributed by atoms with Crippen molar-refractivity contribution >= 4 is 6.21 Å². The molecule has 1 atom stereocenters. The van der Waals surface area contributed by atoms with Gasteiger partial charge in [-0.15, -0.1) is 0 Å². The van der Waals surface area contributed by atoms with Crippen molar-refractivity contribution in [3.8, 4) is 0 Å². The lowest BCUT2D eigenvalue weighted by Gasteiger charge is -2.06. The zero-order chi connectivity index (χ0) is 8.93. The quantitative estimate of drug-likeness (QED) is 0.691. The van der Waals surface area contributed by atoms with Gasteiger partial charge in [0, 0.05) is 12.6 Å². The zero-order valence-corrected chi connectivity index (χ0v) is 7.52. The fourth-order valence-electron chi connectivity index (χ4n) is 1.48. The number of aryl methyl sites for hydroxylation is 1. The summed E-state index contributed by atoms with van der Waals surface area (Å²) in [6.45, 7) is 0. The average molecular weight is 175 g/mol. The summed E-state index contributed by atoms with van der Waals surface area (Å²) in [4.78, 5) is 5.14. The number of oxime groups is 1. The highest BCUT2D eigenvalue weighted by Crippen LogP contribution is 2.12. The molecule has 1 aromatic rings. The molecule has 2 rings (SSSR count). The smallest absolute Gasteiger partial charge is 0.132 e. The van der Waals surface area contributed by atoms with E-state index in [4.69, 9.17) is 4.84 Å². The van der Waals surface area contributed by atoms with E-state index < -0.39 is 0 Å². The van der Waals surface area contributed by atoms with Crippen molar-refractivity contribution in [2.75, 3.05) is 0 Å². The Morgan fingerprint density at radius 2 is 2.15 bits per heavy atom. The molecule has 0 amide bonds. The molecule has 13 heavy (non-hydrogen) atoms. The lowest BCUT2D eigenvalue weighted by atomic mass is 10.1. The van der Waals surface area contributed by atoms with Crippen LogP contribution in [0.4, 0.5) is 0 Å². The van der Waals surface area contributed by atoms with Crippen LogP contribution in [-0.2, 0) is 11.3 Å². The molecule has 1 heterocycles. The van der Waals surface area contributed by atoms with E-state index in [9.17, 15) is 0 Å². The molecule has 1 aromatic carbocycles. The molecular formula is C11H13NO. The summed E-state index contributed by atoms with van der Waals surface area (Å²) in [5, 5.41) is 3.75. The highest BCUT2D eigenvalue weighted by atomic mass is 16.6. The normalized spacial score (nSPS) is 20.2. The lowest BCUT2D eigenvalue weighted by molar-refractivity contribution is 0.0794. The maximum atomic E-state index is 5.14. The topological polar surface area (TPSA) is 21.6 Å². The Hall–Kier alpha value is -1.31. The van der Waals surface area contributed by atoms with Gasteiger partial charge in [0.15, 0.2) is 0 Å². The third kappa shape index (κ3) is 2.31. The molecule has 0 aromatic heterocycles. The minimum Gasteiger partial charge on any atom is -0.392 e. The molecule has 2 heteroatoms. The van der Waals surface area contributed by atoms with Crippen molar-refractivity contribution in [3.05, 3.63) is 35.9 Å². The van der Waals surface area contributed by atoms with Crippen molar-refractivity contribution in [2.24, 2.45) is 5.16 Å². The fourth-order valence-corrected chi connectivity index (χ4v) is 1.48. The van der Waals surface area contributed by atoms with Crippen molar-refractivity contribution < 1.29 is 4.84 Å². The summed E-state index contributed by atoms with van der Waals surface area (Å²) in [6.07, 6.45) is 5.25. The second-order valence-electron chi connectivity index (χ2n) is 3.28. The van der Waals surface area contributed by atoms with Crippen LogP contribution in [0.3, 0.4) is 0 Å². The second kappa shape index (κ2) is 4.08. The van der Waals surface area contributed by atoms with E-state index >= 15 is 0 Å². The predicted molar refractivity (Wildman–Crippen MR) is 52.7 cm³/mol. The summed E-state index contributed by atoms with van der Waals surface area (Å²) in [5.41, 5.74) is 1.37. The first-order chi connectivity index (χ1) is 6.45. The first-order valence-corrected chi connectivity index (χ1v) is 4.67. The monoisotopic (exact) mass is 175 g/mol. The SMILES string of the molecule is C1=NOC(CCc2ccccc2)C1. The molecular weight excluding hydrogens is 162 g/mol. The van der Waals surface area contributed by atoms with Crippen molar-refractivity contribution in [3.63, 3.8) is 0 Å². The number of hydrogen-bond acceptors (Lipinski definition) is 2. The summed E-state index contributed by atoms with van der Waals surface area (Å²) in [6, 6.07) is 10.5. The van der Waals surface area contributed by atoms with Gasteiger partial charge in [0.2, 0.25) is 0 Å². The lowest BCUT2D eigenvalue weighted by Crippen LogP contribution is -2.06. The fraction of sp³-hybridized carbons (Fsp3) is 0.364. The van der Waals surface area contributed by atoms with Gasteiger partial charge in [0.25, 0.3) is 0 Å². The molecule has 0 N–H and O–H groups in total. The zero-order valence-electron chi connectivity index (χ0n) is 7.52. The number of rotatable bonds is 3. The van der Waals surface area contributed by atoms with E-state index in [2.05, 4.69) is 29.4 Å². The van der Waals surface area contributed by atoms with Crippen LogP contribution in [0.25, 0.3) is 0 Å². The molecule has 0 aliphatic carbocycles. The van der Waals surface area contributed by atoms with Crippen molar-refractivity contribution in [1.82, 2.24) is 0 Å². The van der Waals surface area contributed by atoms with Gasteiger partial charge >= 0.3 is 0 Å². The van der Waals surface area contributed by atoms with Gasteiger partial charge in [-0.25, -0.2) is 0 Å². The Labute approximate surface area is 78.2 Å². The van der Waals surface area contributed by atoms with E-state index in [0.29, 0.717) is 6.10 Å². The summed E-state index contributed by atoms with van der Waals surface area (Å²) >= 11 is 0. The van der Waals surface area contributed by atoms with Gasteiger partial charge in [-0.05, 0) is 18.4 Å². The van der Waals surface area contributed by atoms with Crippen LogP contribution in [0.5, 0.6) is 0 Å². The number of benzene rings is 1. The number of nitrogens with zero attached hydrogens (tertiary/aromatic N) is 1. The van der Waals surface area contributed by atoms with Crippen LogP contribution in [0.15, 0.2) is 35.5 Å². The molecule has 0 bridgehead atoms. The van der Waals surface area contributed by atoms with Crippen molar-refractivity contribution in [2.45, 2.75) is 25.4 Å². The third-order valence-electron chi connectivity index (χ3n) is 2.25. The number of hydrogen-bond donors (Lipinski definition) is 0. The molecule has 1 aliphatic rings. The standard InChI is InChI=1S/C11H13NO/c1-2-4-10(5-3-1)6-7-11-8-9-12-13-11/h1-5,9,11H,6-8H2. The maximum Gasteiger partial charge on any atom is 0.132 e. The molecule has 1 aliphatic heterocycles. The van der Waals surface area contributed by atoms with Crippen LogP contribution in [0, 0.1) is 0 Å². The Kier molecular flexibility index (Phi) is 2.60. The highest BCUT2D eigenvalue weighted by Gasteiger charge is 2.12. The highest BCUT2D eigenvalue weighted by molar-refractivity contribution is 5.58. The molecule has 0 saturated heterocycles. The van der Waals surface area contributed by atoms with E-state index in [1.807, 2.05) is 12.3 Å². The minimum absolute atomic E-state index is 0.306. The Morgan fingerprint density at radius 3 is 2.85 bits per heavy atom.